The lowest BCUT2D eigenvalue weighted by molar-refractivity contribution is -0.137. The number of amidine groups is 1. The van der Waals surface area contributed by atoms with E-state index in [1.165, 1.54) is 31.4 Å². The van der Waals surface area contributed by atoms with Crippen LogP contribution in [0.15, 0.2) is 41.5 Å². The number of ether oxygens (including phenoxy) is 1. The summed E-state index contributed by atoms with van der Waals surface area (Å²) in [5, 5.41) is 3.00. The smallest absolute Gasteiger partial charge is 0.416 e. The molecule has 2 aromatic rings. The maximum absolute atomic E-state index is 13.3. The Balaban J connectivity index is 1.37. The van der Waals surface area contributed by atoms with Crippen LogP contribution in [0.5, 0.6) is 5.88 Å². The van der Waals surface area contributed by atoms with E-state index in [0.29, 0.717) is 50.4 Å². The quantitative estimate of drug-likeness (QED) is 0.422. The molecule has 0 radical (unpaired) electrons. The molecule has 1 aromatic heterocycles. The zero-order chi connectivity index (χ0) is 30.6. The number of nitrogens with one attached hydrogen (secondary N) is 1. The third kappa shape index (κ3) is 7.74. The lowest BCUT2D eigenvalue weighted by Crippen LogP contribution is -2.44. The second-order valence-electron chi connectivity index (χ2n) is 12.0. The van der Waals surface area contributed by atoms with Crippen molar-refractivity contribution in [3.05, 3.63) is 53.2 Å². The Hall–Kier alpha value is -3.47. The number of alkyl halides is 3. The molecule has 43 heavy (non-hydrogen) atoms. The van der Waals surface area contributed by atoms with Crippen LogP contribution in [0.4, 0.5) is 18.9 Å². The van der Waals surface area contributed by atoms with Crippen molar-refractivity contribution in [1.82, 2.24) is 15.2 Å². The van der Waals surface area contributed by atoms with Gasteiger partial charge in [0.05, 0.1) is 11.3 Å². The van der Waals surface area contributed by atoms with Crippen LogP contribution >= 0.6 is 0 Å². The number of amides is 2. The highest BCUT2D eigenvalue weighted by atomic mass is 19.4. The van der Waals surface area contributed by atoms with Crippen molar-refractivity contribution in [1.29, 1.82) is 0 Å². The molecule has 232 valence electrons. The molecule has 0 bridgehead atoms. The van der Waals surface area contributed by atoms with Crippen LogP contribution in [0.1, 0.15) is 80.3 Å². The first kappa shape index (κ1) is 31.0. The number of aliphatic imine (C=N–C) groups is 1. The Morgan fingerprint density at radius 2 is 1.84 bits per heavy atom. The number of pyridine rings is 1. The van der Waals surface area contributed by atoms with E-state index in [1.807, 2.05) is 24.8 Å². The highest BCUT2D eigenvalue weighted by molar-refractivity contribution is 6.12. The first-order valence-electron chi connectivity index (χ1n) is 15.3. The molecular formula is C32H40F3N5O3. The zero-order valence-electron chi connectivity index (χ0n) is 24.8. The Kier molecular flexibility index (Phi) is 9.68. The Morgan fingerprint density at radius 3 is 2.53 bits per heavy atom. The van der Waals surface area contributed by atoms with Crippen molar-refractivity contribution in [2.75, 3.05) is 31.1 Å². The highest BCUT2D eigenvalue weighted by Gasteiger charge is 2.37. The van der Waals surface area contributed by atoms with E-state index in [9.17, 15) is 22.8 Å². The number of anilines is 1. The van der Waals surface area contributed by atoms with Crippen LogP contribution in [-0.4, -0.2) is 65.9 Å². The molecule has 0 spiro atoms. The van der Waals surface area contributed by atoms with Crippen LogP contribution in [-0.2, 0) is 17.4 Å². The molecule has 2 fully saturated rings. The molecule has 5 rings (SSSR count). The highest BCUT2D eigenvalue weighted by Crippen LogP contribution is 2.39. The summed E-state index contributed by atoms with van der Waals surface area (Å²) in [5.74, 6) is 0.197. The number of carbonyl (C=O) groups excluding carboxylic acids is 2. The number of hydrogen-bond donors (Lipinski definition) is 1. The van der Waals surface area contributed by atoms with Gasteiger partial charge in [0, 0.05) is 54.4 Å². The van der Waals surface area contributed by atoms with Gasteiger partial charge in [0.2, 0.25) is 11.8 Å². The normalized spacial score (nSPS) is 22.1. The van der Waals surface area contributed by atoms with Crippen molar-refractivity contribution in [3.8, 4) is 5.88 Å². The molecule has 1 N–H and O–H groups in total. The van der Waals surface area contributed by atoms with Gasteiger partial charge in [0.15, 0.2) is 0 Å². The fourth-order valence-electron chi connectivity index (χ4n) is 6.26. The first-order valence-corrected chi connectivity index (χ1v) is 15.3. The molecule has 1 aromatic carbocycles. The predicted molar refractivity (Wildman–Crippen MR) is 158 cm³/mol. The van der Waals surface area contributed by atoms with Crippen LogP contribution in [0.3, 0.4) is 0 Å². The lowest BCUT2D eigenvalue weighted by atomic mass is 9.84. The summed E-state index contributed by atoms with van der Waals surface area (Å²) in [6.45, 7) is 7.36. The molecule has 2 aliphatic heterocycles. The van der Waals surface area contributed by atoms with Gasteiger partial charge in [-0.15, -0.1) is 0 Å². The van der Waals surface area contributed by atoms with Gasteiger partial charge in [-0.1, -0.05) is 12.5 Å². The second-order valence-corrected chi connectivity index (χ2v) is 12.0. The second kappa shape index (κ2) is 13.4. The summed E-state index contributed by atoms with van der Waals surface area (Å²) in [5.41, 5.74) is 0.707. The summed E-state index contributed by atoms with van der Waals surface area (Å²) >= 11 is 0. The van der Waals surface area contributed by atoms with Gasteiger partial charge in [-0.25, -0.2) is 4.98 Å². The average Bonchev–Trinajstić information content (AvgIpc) is 3.34. The van der Waals surface area contributed by atoms with Crippen LogP contribution < -0.4 is 15.0 Å². The Morgan fingerprint density at radius 1 is 1.09 bits per heavy atom. The van der Waals surface area contributed by atoms with Gasteiger partial charge in [-0.05, 0) is 83.7 Å². The zero-order valence-corrected chi connectivity index (χ0v) is 24.8. The molecule has 0 atom stereocenters. The van der Waals surface area contributed by atoms with Crippen LogP contribution in [0, 0.1) is 5.92 Å². The number of benzene rings is 1. The van der Waals surface area contributed by atoms with Gasteiger partial charge < -0.3 is 15.0 Å². The van der Waals surface area contributed by atoms with Gasteiger partial charge in [0.1, 0.15) is 12.4 Å². The topological polar surface area (TPSA) is 87.1 Å². The minimum absolute atomic E-state index is 0.0268. The molecule has 1 saturated heterocycles. The van der Waals surface area contributed by atoms with E-state index < -0.39 is 17.6 Å². The van der Waals surface area contributed by atoms with Crippen LogP contribution in [0.25, 0.3) is 0 Å². The SMILES string of the molecule is CC(C)NC(=O)C1CCC(N2C(=NC(=O)c3cccc(C(F)(F)F)c3)Cc3cnc(OCCN4CCCCC4)cc32)CC1. The van der Waals surface area contributed by atoms with E-state index in [2.05, 4.69) is 20.2 Å². The molecular weight excluding hydrogens is 559 g/mol. The molecule has 2 amide bonds. The van der Waals surface area contributed by atoms with Gasteiger partial charge in [-0.3, -0.25) is 14.5 Å². The van der Waals surface area contributed by atoms with E-state index in [-0.39, 0.29) is 29.5 Å². The number of rotatable bonds is 8. The maximum Gasteiger partial charge on any atom is 0.416 e. The summed E-state index contributed by atoms with van der Waals surface area (Å²) in [6, 6.07) is 6.26. The fourth-order valence-corrected chi connectivity index (χ4v) is 6.26. The largest absolute Gasteiger partial charge is 0.476 e. The number of piperidine rings is 1. The molecule has 1 aliphatic carbocycles. The molecule has 11 heteroatoms. The number of likely N-dealkylation sites (tertiary alicyclic amines) is 1. The van der Waals surface area contributed by atoms with Gasteiger partial charge >= 0.3 is 6.18 Å². The predicted octanol–water partition coefficient (Wildman–Crippen LogP) is 5.65. The van der Waals surface area contributed by atoms with E-state index in [4.69, 9.17) is 4.74 Å². The fraction of sp³-hybridized carbons (Fsp3) is 0.562. The summed E-state index contributed by atoms with van der Waals surface area (Å²) in [7, 11) is 0. The van der Waals surface area contributed by atoms with Gasteiger partial charge in [-0.2, -0.15) is 18.2 Å². The average molecular weight is 600 g/mol. The molecule has 3 aliphatic rings. The summed E-state index contributed by atoms with van der Waals surface area (Å²) in [6.07, 6.45) is 3.97. The Bertz CT molecular complexity index is 1330. The molecule has 0 unspecified atom stereocenters. The minimum Gasteiger partial charge on any atom is -0.476 e. The molecule has 8 nitrogen and oxygen atoms in total. The van der Waals surface area contributed by atoms with E-state index in [0.717, 1.165) is 43.0 Å². The molecule has 3 heterocycles. The van der Waals surface area contributed by atoms with Crippen molar-refractivity contribution in [2.24, 2.45) is 10.9 Å². The number of hydrogen-bond acceptors (Lipinski definition) is 5. The van der Waals surface area contributed by atoms with E-state index >= 15 is 0 Å². The Labute approximate surface area is 250 Å². The van der Waals surface area contributed by atoms with E-state index in [1.54, 1.807) is 6.20 Å². The number of aromatic nitrogens is 1. The lowest BCUT2D eigenvalue weighted by Gasteiger charge is -2.36. The van der Waals surface area contributed by atoms with Crippen molar-refractivity contribution < 1.29 is 27.5 Å². The van der Waals surface area contributed by atoms with Crippen molar-refractivity contribution in [2.45, 2.75) is 83.5 Å². The third-order valence-electron chi connectivity index (χ3n) is 8.46. The van der Waals surface area contributed by atoms with Crippen molar-refractivity contribution in [3.63, 3.8) is 0 Å². The first-order chi connectivity index (χ1) is 20.6. The number of carbonyl (C=O) groups is 2. The van der Waals surface area contributed by atoms with Crippen molar-refractivity contribution >= 4 is 23.3 Å². The standard InChI is InChI=1S/C32H40F3N5O3/c1-21(2)37-30(41)22-9-11-26(12-10-22)40-27-19-29(43-16-15-39-13-4-3-5-14-39)36-20-24(27)18-28(40)38-31(42)23-7-6-8-25(17-23)32(33,34)35/h6-8,17,19-22,26H,3-5,9-16,18H2,1-2H3,(H,37,41). The summed E-state index contributed by atoms with van der Waals surface area (Å²) < 4.78 is 46.0. The maximum atomic E-state index is 13.3. The monoisotopic (exact) mass is 599 g/mol. The van der Waals surface area contributed by atoms with Crippen LogP contribution in [0.2, 0.25) is 0 Å². The molecule has 1 saturated carbocycles. The third-order valence-corrected chi connectivity index (χ3v) is 8.46. The number of halogens is 3. The number of fused-ring (bicyclic) bond motifs is 1. The number of nitrogens with zero attached hydrogens (tertiary/aromatic N) is 4. The van der Waals surface area contributed by atoms with Gasteiger partial charge in [0.25, 0.3) is 5.91 Å². The minimum atomic E-state index is -4.56. The summed E-state index contributed by atoms with van der Waals surface area (Å²) in [4.78, 5) is 39.1.